The summed E-state index contributed by atoms with van der Waals surface area (Å²) in [6.45, 7) is 10.1. The first-order chi connectivity index (χ1) is 12.3. The van der Waals surface area contributed by atoms with Crippen LogP contribution in [-0.4, -0.2) is 28.0 Å². The number of imidazole rings is 1. The predicted octanol–water partition coefficient (Wildman–Crippen LogP) is 4.35. The van der Waals surface area contributed by atoms with Crippen LogP contribution in [0.2, 0.25) is 0 Å². The molecule has 0 spiro atoms. The van der Waals surface area contributed by atoms with Crippen molar-refractivity contribution in [1.82, 2.24) is 9.55 Å². The molecular weight excluding hydrogens is 384 g/mol. The summed E-state index contributed by atoms with van der Waals surface area (Å²) in [5, 5.41) is -0.893. The molecule has 2 aromatic rings. The van der Waals surface area contributed by atoms with Gasteiger partial charge in [0.2, 0.25) is 5.24 Å². The van der Waals surface area contributed by atoms with Crippen LogP contribution < -0.4 is 0 Å². The molecule has 0 aliphatic heterocycles. The number of sulfone groups is 1. The first-order valence-corrected chi connectivity index (χ1v) is 11.1. The highest BCUT2D eigenvalue weighted by molar-refractivity contribution is 7.93. The number of rotatable bonds is 6. The van der Waals surface area contributed by atoms with E-state index in [-0.39, 0.29) is 10.3 Å². The highest BCUT2D eigenvalue weighted by Crippen LogP contribution is 2.35. The molecule has 0 saturated heterocycles. The van der Waals surface area contributed by atoms with Crippen molar-refractivity contribution in [2.75, 3.05) is 0 Å². The zero-order valence-corrected chi connectivity index (χ0v) is 18.1. The summed E-state index contributed by atoms with van der Waals surface area (Å²) in [6.07, 6.45) is 3.27. The van der Waals surface area contributed by atoms with Crippen molar-refractivity contribution < 1.29 is 13.2 Å². The number of halogens is 1. The number of hydrogen-bond donors (Lipinski definition) is 0. The second kappa shape index (κ2) is 6.59. The van der Waals surface area contributed by atoms with Crippen LogP contribution in [0.4, 0.5) is 0 Å². The maximum Gasteiger partial charge on any atom is 0.242 e. The summed E-state index contributed by atoms with van der Waals surface area (Å²) >= 11 is 5.55. The third kappa shape index (κ3) is 3.92. The zero-order valence-electron chi connectivity index (χ0n) is 16.5. The van der Waals surface area contributed by atoms with Gasteiger partial charge in [-0.1, -0.05) is 20.8 Å². The van der Waals surface area contributed by atoms with E-state index in [1.165, 1.54) is 26.7 Å². The van der Waals surface area contributed by atoms with Gasteiger partial charge < -0.3 is 4.57 Å². The quantitative estimate of drug-likeness (QED) is 0.663. The Labute approximate surface area is 166 Å². The summed E-state index contributed by atoms with van der Waals surface area (Å²) in [5.41, 5.74) is 1.66. The number of carbonyl (C=O) groups is 1. The standard InChI is InChI=1S/C20H27ClN2O3S/c1-19(2,3)11-17-22-15-10-14(27(25,26)20(4,5)18(21)24)8-9-16(15)23(17)12-13-6-7-13/h8-10,13H,6-7,11-12H2,1-5H3. The largest absolute Gasteiger partial charge is 0.328 e. The summed E-state index contributed by atoms with van der Waals surface area (Å²) in [7, 11) is -3.91. The molecule has 3 rings (SSSR count). The Bertz CT molecular complexity index is 996. The number of hydrogen-bond acceptors (Lipinski definition) is 4. The maximum atomic E-state index is 12.9. The lowest BCUT2D eigenvalue weighted by Crippen LogP contribution is -2.37. The van der Waals surface area contributed by atoms with Crippen molar-refractivity contribution in [3.63, 3.8) is 0 Å². The third-order valence-electron chi connectivity index (χ3n) is 5.08. The van der Waals surface area contributed by atoms with Crippen LogP contribution in [0, 0.1) is 11.3 Å². The van der Waals surface area contributed by atoms with Gasteiger partial charge in [-0.3, -0.25) is 4.79 Å². The van der Waals surface area contributed by atoms with Crippen molar-refractivity contribution in [2.45, 2.75) is 70.1 Å². The Morgan fingerprint density at radius 3 is 2.37 bits per heavy atom. The first kappa shape index (κ1) is 20.3. The lowest BCUT2D eigenvalue weighted by atomic mass is 9.92. The monoisotopic (exact) mass is 410 g/mol. The van der Waals surface area contributed by atoms with E-state index >= 15 is 0 Å². The molecule has 1 saturated carbocycles. The lowest BCUT2D eigenvalue weighted by molar-refractivity contribution is -0.113. The molecule has 0 N–H and O–H groups in total. The topological polar surface area (TPSA) is 69.0 Å². The Kier molecular flexibility index (Phi) is 4.96. The van der Waals surface area contributed by atoms with Crippen molar-refractivity contribution in [3.05, 3.63) is 24.0 Å². The minimum atomic E-state index is -3.91. The number of benzene rings is 1. The third-order valence-corrected chi connectivity index (χ3v) is 8.07. The van der Waals surface area contributed by atoms with Gasteiger partial charge in [0.15, 0.2) is 9.84 Å². The molecule has 0 atom stereocenters. The average Bonchev–Trinajstić information content (AvgIpc) is 3.28. The Balaban J connectivity index is 2.11. The van der Waals surface area contributed by atoms with Gasteiger partial charge in [0.25, 0.3) is 0 Å². The van der Waals surface area contributed by atoms with Crippen molar-refractivity contribution in [3.8, 4) is 0 Å². The van der Waals surface area contributed by atoms with Crippen LogP contribution in [-0.2, 0) is 27.6 Å². The Morgan fingerprint density at radius 2 is 1.85 bits per heavy atom. The Morgan fingerprint density at radius 1 is 1.22 bits per heavy atom. The van der Waals surface area contributed by atoms with Gasteiger partial charge in [0.05, 0.1) is 15.9 Å². The SMILES string of the molecule is CC(C)(C)Cc1nc2cc(S(=O)(=O)C(C)(C)C(=O)Cl)ccc2n1CC1CC1. The van der Waals surface area contributed by atoms with E-state index in [2.05, 4.69) is 25.3 Å². The fraction of sp³-hybridized carbons (Fsp3) is 0.600. The minimum absolute atomic E-state index is 0.0740. The van der Waals surface area contributed by atoms with Crippen LogP contribution in [0.15, 0.2) is 23.1 Å². The van der Waals surface area contributed by atoms with Crippen LogP contribution in [0.3, 0.4) is 0 Å². The fourth-order valence-corrected chi connectivity index (χ4v) is 4.72. The normalized spacial score (nSPS) is 16.1. The summed E-state index contributed by atoms with van der Waals surface area (Å²) in [6, 6.07) is 4.94. The molecule has 1 fully saturated rings. The molecule has 27 heavy (non-hydrogen) atoms. The summed E-state index contributed by atoms with van der Waals surface area (Å²) in [5.74, 6) is 1.66. The molecule has 1 aliphatic carbocycles. The van der Waals surface area contributed by atoms with Gasteiger partial charge in [0.1, 0.15) is 10.6 Å². The van der Waals surface area contributed by atoms with Crippen molar-refractivity contribution in [2.24, 2.45) is 11.3 Å². The smallest absolute Gasteiger partial charge is 0.242 e. The number of aromatic nitrogens is 2. The van der Waals surface area contributed by atoms with E-state index in [1.54, 1.807) is 18.2 Å². The van der Waals surface area contributed by atoms with Gasteiger partial charge in [-0.15, -0.1) is 0 Å². The number of nitrogens with zero attached hydrogens (tertiary/aromatic N) is 2. The molecule has 1 aromatic carbocycles. The fourth-order valence-electron chi connectivity index (χ4n) is 3.10. The zero-order chi connectivity index (χ0) is 20.2. The van der Waals surface area contributed by atoms with E-state index in [4.69, 9.17) is 16.6 Å². The lowest BCUT2D eigenvalue weighted by Gasteiger charge is -2.20. The molecule has 5 nitrogen and oxygen atoms in total. The van der Waals surface area contributed by atoms with E-state index < -0.39 is 19.8 Å². The van der Waals surface area contributed by atoms with E-state index in [0.29, 0.717) is 11.4 Å². The molecule has 1 aromatic heterocycles. The van der Waals surface area contributed by atoms with E-state index in [0.717, 1.165) is 24.3 Å². The molecule has 0 radical (unpaired) electrons. The molecule has 0 amide bonds. The van der Waals surface area contributed by atoms with Gasteiger partial charge >= 0.3 is 0 Å². The second-order valence-corrected chi connectivity index (χ2v) is 12.1. The van der Waals surface area contributed by atoms with Crippen LogP contribution in [0.25, 0.3) is 11.0 Å². The molecule has 1 heterocycles. The number of fused-ring (bicyclic) bond motifs is 1. The molecule has 0 bridgehead atoms. The molecular formula is C20H27ClN2O3S. The summed E-state index contributed by atoms with van der Waals surface area (Å²) < 4.78 is 26.4. The van der Waals surface area contributed by atoms with Crippen molar-refractivity contribution in [1.29, 1.82) is 0 Å². The first-order valence-electron chi connectivity index (χ1n) is 9.27. The van der Waals surface area contributed by atoms with Gasteiger partial charge in [0, 0.05) is 13.0 Å². The van der Waals surface area contributed by atoms with Crippen LogP contribution in [0.5, 0.6) is 0 Å². The molecule has 0 unspecified atom stereocenters. The van der Waals surface area contributed by atoms with Crippen molar-refractivity contribution >= 4 is 37.7 Å². The highest BCUT2D eigenvalue weighted by atomic mass is 35.5. The van der Waals surface area contributed by atoms with E-state index in [1.807, 2.05) is 0 Å². The van der Waals surface area contributed by atoms with Gasteiger partial charge in [-0.25, -0.2) is 13.4 Å². The van der Waals surface area contributed by atoms with Gasteiger partial charge in [-0.05, 0) is 67.8 Å². The molecule has 7 heteroatoms. The summed E-state index contributed by atoms with van der Waals surface area (Å²) in [4.78, 5) is 16.5. The minimum Gasteiger partial charge on any atom is -0.328 e. The number of carbonyl (C=O) groups excluding carboxylic acids is 1. The average molecular weight is 411 g/mol. The maximum absolute atomic E-state index is 12.9. The van der Waals surface area contributed by atoms with Gasteiger partial charge in [-0.2, -0.15) is 0 Å². The van der Waals surface area contributed by atoms with Crippen LogP contribution in [0.1, 0.15) is 53.3 Å². The Hall–Kier alpha value is -1.40. The predicted molar refractivity (Wildman–Crippen MR) is 108 cm³/mol. The molecule has 1 aliphatic rings. The highest BCUT2D eigenvalue weighted by Gasteiger charge is 2.42. The van der Waals surface area contributed by atoms with Crippen LogP contribution >= 0.6 is 11.6 Å². The molecule has 148 valence electrons. The second-order valence-electron chi connectivity index (χ2n) is 9.26. The van der Waals surface area contributed by atoms with E-state index in [9.17, 15) is 13.2 Å².